The molecule has 0 amide bonds. The number of rotatable bonds is 4. The summed E-state index contributed by atoms with van der Waals surface area (Å²) in [7, 11) is 0. The van der Waals surface area contributed by atoms with Crippen LogP contribution in [0.15, 0.2) is 48.5 Å². The van der Waals surface area contributed by atoms with Crippen molar-refractivity contribution in [1.82, 2.24) is 9.55 Å². The second-order valence-electron chi connectivity index (χ2n) is 5.00. The second kappa shape index (κ2) is 6.15. The van der Waals surface area contributed by atoms with Gasteiger partial charge >= 0.3 is 0 Å². The van der Waals surface area contributed by atoms with Crippen molar-refractivity contribution in [2.24, 2.45) is 0 Å². The summed E-state index contributed by atoms with van der Waals surface area (Å²) in [4.78, 5) is 4.71. The number of aromatic nitrogens is 2. The Bertz CT molecular complexity index is 770. The number of hydrogen-bond acceptors (Lipinski definition) is 1. The van der Waals surface area contributed by atoms with Crippen molar-refractivity contribution in [2.75, 3.05) is 0 Å². The summed E-state index contributed by atoms with van der Waals surface area (Å²) in [6.45, 7) is 3.16. The van der Waals surface area contributed by atoms with Gasteiger partial charge in [0.2, 0.25) is 0 Å². The van der Waals surface area contributed by atoms with Crippen LogP contribution >= 0.6 is 11.6 Å². The Morgan fingerprint density at radius 3 is 2.57 bits per heavy atom. The Labute approximate surface area is 129 Å². The van der Waals surface area contributed by atoms with E-state index in [4.69, 9.17) is 16.6 Å². The smallest absolute Gasteiger partial charge is 0.133 e. The van der Waals surface area contributed by atoms with Crippen molar-refractivity contribution >= 4 is 34.8 Å². The highest BCUT2D eigenvalue weighted by Gasteiger charge is 2.06. The summed E-state index contributed by atoms with van der Waals surface area (Å²) in [6, 6.07) is 16.1. The molecule has 2 aromatic carbocycles. The maximum absolute atomic E-state index is 5.91. The van der Waals surface area contributed by atoms with Crippen LogP contribution in [0.4, 0.5) is 0 Å². The fourth-order valence-corrected chi connectivity index (χ4v) is 2.55. The number of halogens is 1. The van der Waals surface area contributed by atoms with Gasteiger partial charge in [0.15, 0.2) is 0 Å². The molecule has 0 spiro atoms. The summed E-state index contributed by atoms with van der Waals surface area (Å²) < 4.78 is 2.27. The molecular weight excluding hydrogens is 280 g/mol. The minimum Gasteiger partial charge on any atom is -0.324 e. The largest absolute Gasteiger partial charge is 0.324 e. The first-order chi connectivity index (χ1) is 10.3. The molecule has 1 aromatic heterocycles. The molecule has 3 aromatic rings. The average molecular weight is 297 g/mol. The first kappa shape index (κ1) is 13.9. The molecular formula is C18H17ClN2. The van der Waals surface area contributed by atoms with Crippen molar-refractivity contribution in [3.63, 3.8) is 0 Å². The number of para-hydroxylation sites is 2. The van der Waals surface area contributed by atoms with E-state index >= 15 is 0 Å². The normalized spacial score (nSPS) is 11.5. The van der Waals surface area contributed by atoms with Crippen molar-refractivity contribution in [1.29, 1.82) is 0 Å². The predicted octanol–water partition coefficient (Wildman–Crippen LogP) is 5.27. The molecule has 0 atom stereocenters. The molecule has 0 saturated carbocycles. The minimum absolute atomic E-state index is 0.755. The topological polar surface area (TPSA) is 17.8 Å². The monoisotopic (exact) mass is 296 g/mol. The highest BCUT2D eigenvalue weighted by atomic mass is 35.5. The molecule has 0 aliphatic carbocycles. The van der Waals surface area contributed by atoms with Gasteiger partial charge in [-0.25, -0.2) is 4.98 Å². The van der Waals surface area contributed by atoms with Gasteiger partial charge in [-0.1, -0.05) is 48.9 Å². The Morgan fingerprint density at radius 2 is 1.81 bits per heavy atom. The van der Waals surface area contributed by atoms with E-state index in [0.717, 1.165) is 34.9 Å². The van der Waals surface area contributed by atoms with Crippen molar-refractivity contribution in [2.45, 2.75) is 19.9 Å². The maximum Gasteiger partial charge on any atom is 0.133 e. The van der Waals surface area contributed by atoms with Crippen molar-refractivity contribution in [3.8, 4) is 0 Å². The zero-order chi connectivity index (χ0) is 14.7. The number of fused-ring (bicyclic) bond motifs is 1. The summed E-state index contributed by atoms with van der Waals surface area (Å²) in [5.74, 6) is 0.994. The Hall–Kier alpha value is -2.06. The van der Waals surface area contributed by atoms with Crippen LogP contribution in [-0.4, -0.2) is 9.55 Å². The maximum atomic E-state index is 5.91. The number of aryl methyl sites for hydroxylation is 1. The van der Waals surface area contributed by atoms with Crippen LogP contribution in [0.2, 0.25) is 5.02 Å². The fraction of sp³-hybridized carbons (Fsp3) is 0.167. The molecule has 2 nitrogen and oxygen atoms in total. The van der Waals surface area contributed by atoms with Crippen LogP contribution in [0.3, 0.4) is 0 Å². The van der Waals surface area contributed by atoms with Crippen LogP contribution in [0, 0.1) is 0 Å². The summed E-state index contributed by atoms with van der Waals surface area (Å²) >= 11 is 5.91. The number of imidazole rings is 1. The molecule has 0 N–H and O–H groups in total. The quantitative estimate of drug-likeness (QED) is 0.641. The van der Waals surface area contributed by atoms with E-state index in [9.17, 15) is 0 Å². The number of nitrogens with zero attached hydrogens (tertiary/aromatic N) is 2. The van der Waals surface area contributed by atoms with Gasteiger partial charge in [-0.15, -0.1) is 0 Å². The highest BCUT2D eigenvalue weighted by Crippen LogP contribution is 2.19. The van der Waals surface area contributed by atoms with Gasteiger partial charge in [0.25, 0.3) is 0 Å². The molecule has 3 heteroatoms. The van der Waals surface area contributed by atoms with Gasteiger partial charge < -0.3 is 4.57 Å². The first-order valence-electron chi connectivity index (χ1n) is 7.17. The number of benzene rings is 2. The van der Waals surface area contributed by atoms with E-state index in [1.165, 1.54) is 5.52 Å². The third kappa shape index (κ3) is 3.01. The standard InChI is InChI=1S/C18H17ClN2/c1-2-13-21-17-6-4-3-5-16(17)20-18(21)12-9-14-7-10-15(19)11-8-14/h3-12H,2,13H2,1H3/b12-9+. The van der Waals surface area contributed by atoms with E-state index < -0.39 is 0 Å². The summed E-state index contributed by atoms with van der Waals surface area (Å²) in [5, 5.41) is 0.755. The average Bonchev–Trinajstić information content (AvgIpc) is 2.85. The van der Waals surface area contributed by atoms with Crippen LogP contribution < -0.4 is 0 Å². The lowest BCUT2D eigenvalue weighted by atomic mass is 10.2. The molecule has 0 saturated heterocycles. The van der Waals surface area contributed by atoms with Gasteiger partial charge in [0.05, 0.1) is 11.0 Å². The SMILES string of the molecule is CCCn1c(/C=C/c2ccc(Cl)cc2)nc2ccccc21. The molecule has 0 bridgehead atoms. The van der Waals surface area contributed by atoms with E-state index in [-0.39, 0.29) is 0 Å². The van der Waals surface area contributed by atoms with Crippen LogP contribution in [0.1, 0.15) is 24.7 Å². The van der Waals surface area contributed by atoms with Crippen molar-refractivity contribution < 1.29 is 0 Å². The fourth-order valence-electron chi connectivity index (χ4n) is 2.42. The Morgan fingerprint density at radius 1 is 1.05 bits per heavy atom. The zero-order valence-corrected chi connectivity index (χ0v) is 12.7. The molecule has 3 rings (SSSR count). The van der Waals surface area contributed by atoms with Gasteiger partial charge in [-0.3, -0.25) is 0 Å². The molecule has 1 heterocycles. The van der Waals surface area contributed by atoms with Gasteiger partial charge in [-0.2, -0.15) is 0 Å². The molecule has 21 heavy (non-hydrogen) atoms. The number of hydrogen-bond donors (Lipinski definition) is 0. The lowest BCUT2D eigenvalue weighted by molar-refractivity contribution is 0.691. The zero-order valence-electron chi connectivity index (χ0n) is 12.0. The minimum atomic E-state index is 0.755. The molecule has 0 aliphatic heterocycles. The third-order valence-corrected chi connectivity index (χ3v) is 3.68. The van der Waals surface area contributed by atoms with Gasteiger partial charge in [-0.05, 0) is 42.3 Å². The van der Waals surface area contributed by atoms with E-state index in [1.807, 2.05) is 30.3 Å². The molecule has 0 radical (unpaired) electrons. The Kier molecular flexibility index (Phi) is 4.07. The summed E-state index contributed by atoms with van der Waals surface area (Å²) in [5.41, 5.74) is 3.35. The first-order valence-corrected chi connectivity index (χ1v) is 7.54. The van der Waals surface area contributed by atoms with E-state index in [0.29, 0.717) is 0 Å². The van der Waals surface area contributed by atoms with Crippen molar-refractivity contribution in [3.05, 3.63) is 64.9 Å². The van der Waals surface area contributed by atoms with Gasteiger partial charge in [0.1, 0.15) is 5.82 Å². The van der Waals surface area contributed by atoms with E-state index in [2.05, 4.69) is 41.8 Å². The van der Waals surface area contributed by atoms with Crippen LogP contribution in [0.5, 0.6) is 0 Å². The molecule has 106 valence electrons. The lowest BCUT2D eigenvalue weighted by Gasteiger charge is -2.04. The highest BCUT2D eigenvalue weighted by molar-refractivity contribution is 6.30. The second-order valence-corrected chi connectivity index (χ2v) is 5.43. The Balaban J connectivity index is 1.99. The lowest BCUT2D eigenvalue weighted by Crippen LogP contribution is -1.99. The molecule has 0 unspecified atom stereocenters. The molecule has 0 aliphatic rings. The van der Waals surface area contributed by atoms with Crippen LogP contribution in [0.25, 0.3) is 23.2 Å². The third-order valence-electron chi connectivity index (χ3n) is 3.43. The molecule has 0 fully saturated rings. The predicted molar refractivity (Wildman–Crippen MR) is 90.4 cm³/mol. The van der Waals surface area contributed by atoms with Gasteiger partial charge in [0, 0.05) is 11.6 Å². The van der Waals surface area contributed by atoms with Crippen LogP contribution in [-0.2, 0) is 6.54 Å². The summed E-state index contributed by atoms with van der Waals surface area (Å²) in [6.07, 6.45) is 5.23. The van der Waals surface area contributed by atoms with E-state index in [1.54, 1.807) is 0 Å².